The van der Waals surface area contributed by atoms with Crippen LogP contribution < -0.4 is 5.32 Å². The normalized spacial score (nSPS) is 16.4. The molecule has 0 spiro atoms. The lowest BCUT2D eigenvalue weighted by molar-refractivity contribution is -0.127. The van der Waals surface area contributed by atoms with Gasteiger partial charge in [-0.05, 0) is 23.1 Å². The van der Waals surface area contributed by atoms with Gasteiger partial charge in [0.25, 0.3) is 5.91 Å². The summed E-state index contributed by atoms with van der Waals surface area (Å²) in [6, 6.07) is 16.3. The van der Waals surface area contributed by atoms with Crippen LogP contribution in [0.2, 0.25) is 0 Å². The molecule has 3 atom stereocenters. The molecule has 0 aliphatic carbocycles. The summed E-state index contributed by atoms with van der Waals surface area (Å²) in [6.45, 7) is 4.34. The highest BCUT2D eigenvalue weighted by Gasteiger charge is 2.37. The third-order valence-corrected chi connectivity index (χ3v) is 5.66. The van der Waals surface area contributed by atoms with Gasteiger partial charge in [0.05, 0.1) is 12.6 Å². The van der Waals surface area contributed by atoms with E-state index in [1.165, 1.54) is 0 Å². The number of nitrogens with zero attached hydrogens (tertiary/aromatic N) is 1. The zero-order valence-corrected chi connectivity index (χ0v) is 16.5. The highest BCUT2D eigenvalue weighted by atomic mass is 16.3. The summed E-state index contributed by atoms with van der Waals surface area (Å²) in [5, 5.41) is 12.7. The Hall–Kier alpha value is -2.66. The van der Waals surface area contributed by atoms with Gasteiger partial charge in [-0.15, -0.1) is 0 Å². The smallest absolute Gasteiger partial charge is 0.255 e. The van der Waals surface area contributed by atoms with Crippen LogP contribution in [0.4, 0.5) is 0 Å². The van der Waals surface area contributed by atoms with Crippen molar-refractivity contribution in [3.05, 3.63) is 71.3 Å². The van der Waals surface area contributed by atoms with Crippen molar-refractivity contribution in [3.63, 3.8) is 0 Å². The zero-order chi connectivity index (χ0) is 20.1. The Balaban J connectivity index is 1.85. The number of nitrogens with one attached hydrogen (secondary N) is 1. The molecule has 3 rings (SSSR count). The number of fused-ring (bicyclic) bond motifs is 1. The minimum absolute atomic E-state index is 0.115. The van der Waals surface area contributed by atoms with Crippen LogP contribution in [0.15, 0.2) is 54.6 Å². The average Bonchev–Trinajstić information content (AvgIpc) is 3.06. The largest absolute Gasteiger partial charge is 0.394 e. The van der Waals surface area contributed by atoms with E-state index in [0.717, 1.165) is 17.5 Å². The number of carbonyl (C=O) groups is 2. The Labute approximate surface area is 166 Å². The lowest BCUT2D eigenvalue weighted by Gasteiger charge is -2.30. The van der Waals surface area contributed by atoms with E-state index in [-0.39, 0.29) is 30.4 Å². The van der Waals surface area contributed by atoms with Gasteiger partial charge < -0.3 is 15.3 Å². The maximum absolute atomic E-state index is 13.2. The molecule has 148 valence electrons. The van der Waals surface area contributed by atoms with Crippen molar-refractivity contribution >= 4 is 11.8 Å². The van der Waals surface area contributed by atoms with E-state index >= 15 is 0 Å². The van der Waals surface area contributed by atoms with Crippen LogP contribution in [0.1, 0.15) is 41.8 Å². The van der Waals surface area contributed by atoms with Gasteiger partial charge in [-0.2, -0.15) is 0 Å². The summed E-state index contributed by atoms with van der Waals surface area (Å²) in [4.78, 5) is 27.8. The summed E-state index contributed by atoms with van der Waals surface area (Å²) < 4.78 is 0. The predicted octanol–water partition coefficient (Wildman–Crippen LogP) is 2.78. The Morgan fingerprint density at radius 1 is 1.14 bits per heavy atom. The second kappa shape index (κ2) is 9.02. The molecule has 1 aliphatic heterocycles. The molecule has 0 fully saturated rings. The van der Waals surface area contributed by atoms with Crippen molar-refractivity contribution in [1.82, 2.24) is 10.2 Å². The number of hydrogen-bond donors (Lipinski definition) is 2. The fourth-order valence-electron chi connectivity index (χ4n) is 3.64. The predicted molar refractivity (Wildman–Crippen MR) is 109 cm³/mol. The second-order valence-corrected chi connectivity index (χ2v) is 7.48. The first-order valence-electron chi connectivity index (χ1n) is 9.89. The Morgan fingerprint density at radius 2 is 1.82 bits per heavy atom. The molecule has 0 saturated carbocycles. The van der Waals surface area contributed by atoms with Gasteiger partial charge in [0.1, 0.15) is 6.04 Å². The van der Waals surface area contributed by atoms with Crippen LogP contribution in [0.3, 0.4) is 0 Å². The number of aliphatic hydroxyl groups is 1. The second-order valence-electron chi connectivity index (χ2n) is 7.48. The van der Waals surface area contributed by atoms with Gasteiger partial charge in [-0.1, -0.05) is 68.8 Å². The molecule has 2 amide bonds. The van der Waals surface area contributed by atoms with Crippen LogP contribution >= 0.6 is 0 Å². The molecular formula is C23H28N2O3. The summed E-state index contributed by atoms with van der Waals surface area (Å²) in [5.41, 5.74) is 2.60. The Morgan fingerprint density at radius 3 is 2.46 bits per heavy atom. The van der Waals surface area contributed by atoms with Crippen LogP contribution in [-0.2, 0) is 17.8 Å². The molecule has 1 heterocycles. The third-order valence-electron chi connectivity index (χ3n) is 5.66. The highest BCUT2D eigenvalue weighted by molar-refractivity contribution is 6.01. The van der Waals surface area contributed by atoms with Gasteiger partial charge in [0.2, 0.25) is 5.91 Å². The maximum atomic E-state index is 13.2. The number of carbonyl (C=O) groups excluding carboxylic acids is 2. The monoisotopic (exact) mass is 380 g/mol. The lowest BCUT2D eigenvalue weighted by atomic mass is 9.98. The van der Waals surface area contributed by atoms with Crippen molar-refractivity contribution < 1.29 is 14.7 Å². The topological polar surface area (TPSA) is 69.6 Å². The minimum Gasteiger partial charge on any atom is -0.394 e. The van der Waals surface area contributed by atoms with Crippen LogP contribution in [0.5, 0.6) is 0 Å². The van der Waals surface area contributed by atoms with Gasteiger partial charge in [0, 0.05) is 18.5 Å². The number of hydrogen-bond acceptors (Lipinski definition) is 3. The van der Waals surface area contributed by atoms with E-state index in [0.29, 0.717) is 18.5 Å². The van der Waals surface area contributed by atoms with Gasteiger partial charge in [-0.3, -0.25) is 9.59 Å². The van der Waals surface area contributed by atoms with E-state index in [9.17, 15) is 14.7 Å². The minimum atomic E-state index is -0.625. The quantitative estimate of drug-likeness (QED) is 0.740. The Bertz CT molecular complexity index is 822. The molecule has 0 unspecified atom stereocenters. The molecule has 0 saturated heterocycles. The number of rotatable bonds is 8. The molecule has 5 nitrogen and oxygen atoms in total. The number of amides is 2. The molecule has 2 aromatic carbocycles. The molecule has 5 heteroatoms. The first-order valence-corrected chi connectivity index (χ1v) is 9.89. The summed E-state index contributed by atoms with van der Waals surface area (Å²) >= 11 is 0. The van der Waals surface area contributed by atoms with Crippen LogP contribution in [0, 0.1) is 5.92 Å². The third kappa shape index (κ3) is 4.25. The van der Waals surface area contributed by atoms with E-state index in [1.54, 1.807) is 4.90 Å². The van der Waals surface area contributed by atoms with Gasteiger partial charge >= 0.3 is 0 Å². The first-order chi connectivity index (χ1) is 13.5. The first kappa shape index (κ1) is 20.1. The molecule has 2 N–H and O–H groups in total. The summed E-state index contributed by atoms with van der Waals surface area (Å²) in [7, 11) is 0. The van der Waals surface area contributed by atoms with E-state index in [2.05, 4.69) is 5.32 Å². The fourth-order valence-corrected chi connectivity index (χ4v) is 3.64. The van der Waals surface area contributed by atoms with Crippen molar-refractivity contribution in [2.75, 3.05) is 6.61 Å². The molecule has 1 aliphatic rings. The molecule has 0 aromatic heterocycles. The van der Waals surface area contributed by atoms with Crippen LogP contribution in [-0.4, -0.2) is 40.5 Å². The van der Waals surface area contributed by atoms with Crippen molar-refractivity contribution in [3.8, 4) is 0 Å². The van der Waals surface area contributed by atoms with E-state index < -0.39 is 6.04 Å². The summed E-state index contributed by atoms with van der Waals surface area (Å²) in [6.07, 6.45) is 1.29. The van der Waals surface area contributed by atoms with Crippen molar-refractivity contribution in [2.45, 2.75) is 45.3 Å². The fraction of sp³-hybridized carbons (Fsp3) is 0.391. The van der Waals surface area contributed by atoms with Crippen molar-refractivity contribution in [2.24, 2.45) is 5.92 Å². The molecule has 0 bridgehead atoms. The summed E-state index contributed by atoms with van der Waals surface area (Å²) in [5.74, 6) is -0.182. The standard InChI is InChI=1S/C23H28N2O3/c1-3-16(2)20(15-26)24-22(27)21(13-17-9-5-4-6-10-17)25-14-18-11-7-8-12-19(18)23(25)28/h4-12,16,20-21,26H,3,13-15H2,1-2H3,(H,24,27)/t16-,20+,21-/m0/s1. The van der Waals surface area contributed by atoms with Crippen molar-refractivity contribution in [1.29, 1.82) is 0 Å². The van der Waals surface area contributed by atoms with Gasteiger partial charge in [0.15, 0.2) is 0 Å². The molecule has 2 aromatic rings. The molecule has 28 heavy (non-hydrogen) atoms. The number of benzene rings is 2. The number of aliphatic hydroxyl groups excluding tert-OH is 1. The Kier molecular flexibility index (Phi) is 6.47. The van der Waals surface area contributed by atoms with E-state index in [1.807, 2.05) is 68.4 Å². The average molecular weight is 380 g/mol. The van der Waals surface area contributed by atoms with Gasteiger partial charge in [-0.25, -0.2) is 0 Å². The van der Waals surface area contributed by atoms with Crippen LogP contribution in [0.25, 0.3) is 0 Å². The van der Waals surface area contributed by atoms with E-state index in [4.69, 9.17) is 0 Å². The molecular weight excluding hydrogens is 352 g/mol. The highest BCUT2D eigenvalue weighted by Crippen LogP contribution is 2.26. The molecule has 0 radical (unpaired) electrons. The lowest BCUT2D eigenvalue weighted by Crippen LogP contribution is -2.53. The maximum Gasteiger partial charge on any atom is 0.255 e. The SMILES string of the molecule is CC[C@H](C)[C@@H](CO)NC(=O)[C@H](Cc1ccccc1)N1Cc2ccccc2C1=O. The zero-order valence-electron chi connectivity index (χ0n) is 16.5.